The summed E-state index contributed by atoms with van der Waals surface area (Å²) in [5.41, 5.74) is 1.50. The number of rotatable bonds is 4. The van der Waals surface area contributed by atoms with Crippen LogP contribution in [0.3, 0.4) is 0 Å². The third-order valence-electron chi connectivity index (χ3n) is 5.08. The van der Waals surface area contributed by atoms with Gasteiger partial charge in [0, 0.05) is 40.9 Å². The summed E-state index contributed by atoms with van der Waals surface area (Å²) < 4.78 is 38.1. The molecule has 31 heavy (non-hydrogen) atoms. The molecule has 4 rings (SSSR count). The normalized spacial score (nSPS) is 15.8. The average Bonchev–Trinajstić information content (AvgIpc) is 3.07. The maximum Gasteiger partial charge on any atom is 0.304 e. The van der Waals surface area contributed by atoms with E-state index in [9.17, 15) is 17.6 Å². The zero-order valence-corrected chi connectivity index (χ0v) is 19.4. The number of thioether (sulfide) groups is 1. The Kier molecular flexibility index (Phi) is 7.28. The number of carbonyl (C=O) groups is 1. The van der Waals surface area contributed by atoms with E-state index in [2.05, 4.69) is 4.98 Å². The highest BCUT2D eigenvalue weighted by Crippen LogP contribution is 2.36. The number of halogens is 2. The lowest BCUT2D eigenvalue weighted by Crippen LogP contribution is -2.17. The van der Waals surface area contributed by atoms with E-state index in [-0.39, 0.29) is 23.1 Å². The average molecular weight is 485 g/mol. The van der Waals surface area contributed by atoms with Crippen molar-refractivity contribution in [3.63, 3.8) is 0 Å². The molecule has 1 aromatic carbocycles. The number of pyridine rings is 1. The number of carboxylic acid groups (broad SMARTS) is 1. The molecule has 1 N–H and O–H groups in total. The van der Waals surface area contributed by atoms with Crippen LogP contribution in [0.2, 0.25) is 5.02 Å². The quantitative estimate of drug-likeness (QED) is 0.524. The summed E-state index contributed by atoms with van der Waals surface area (Å²) in [7, 11) is -3.34. The van der Waals surface area contributed by atoms with E-state index in [1.807, 2.05) is 10.8 Å². The van der Waals surface area contributed by atoms with E-state index < -0.39 is 15.8 Å². The molecule has 10 heteroatoms. The van der Waals surface area contributed by atoms with E-state index in [0.717, 1.165) is 30.0 Å². The highest BCUT2D eigenvalue weighted by molar-refractivity contribution is 7.98. The van der Waals surface area contributed by atoms with Crippen LogP contribution in [0.4, 0.5) is 4.39 Å². The van der Waals surface area contributed by atoms with E-state index in [1.165, 1.54) is 42.4 Å². The minimum Gasteiger partial charge on any atom is -0.481 e. The van der Waals surface area contributed by atoms with Crippen molar-refractivity contribution in [3.05, 3.63) is 53.1 Å². The van der Waals surface area contributed by atoms with Crippen LogP contribution in [0, 0.1) is 5.82 Å². The van der Waals surface area contributed by atoms with Crippen molar-refractivity contribution in [1.82, 2.24) is 9.55 Å². The van der Waals surface area contributed by atoms with Crippen molar-refractivity contribution in [3.8, 4) is 0 Å². The first-order chi connectivity index (χ1) is 14.6. The SMILES string of the molecule is CS(=O)(=O)c1ccnc2c1cc1n2CCCC1CC(=O)O.CSc1ccc(F)cc1Cl. The van der Waals surface area contributed by atoms with Gasteiger partial charge in [0.05, 0.1) is 16.3 Å². The van der Waals surface area contributed by atoms with Crippen LogP contribution in [0.5, 0.6) is 0 Å². The summed E-state index contributed by atoms with van der Waals surface area (Å²) in [5.74, 6) is -1.21. The Bertz CT molecular complexity index is 1230. The third-order valence-corrected chi connectivity index (χ3v) is 7.45. The Morgan fingerprint density at radius 2 is 2.10 bits per heavy atom. The van der Waals surface area contributed by atoms with E-state index in [4.69, 9.17) is 16.7 Å². The number of hydrogen-bond acceptors (Lipinski definition) is 5. The Labute approximate surface area is 189 Å². The molecule has 0 saturated carbocycles. The molecule has 1 unspecified atom stereocenters. The largest absolute Gasteiger partial charge is 0.481 e. The predicted molar refractivity (Wildman–Crippen MR) is 120 cm³/mol. The van der Waals surface area contributed by atoms with Crippen molar-refractivity contribution < 1.29 is 22.7 Å². The van der Waals surface area contributed by atoms with Crippen molar-refractivity contribution >= 4 is 50.2 Å². The number of aryl methyl sites for hydroxylation is 1. The maximum absolute atomic E-state index is 12.4. The zero-order chi connectivity index (χ0) is 22.8. The molecule has 0 fully saturated rings. The standard InChI is InChI=1S/C14H16N2O4S.C7H6ClFS/c1-21(19,20)12-4-5-15-14-10(12)8-11-9(7-13(17)18)3-2-6-16(11)14;1-10-7-3-2-5(9)4-6(7)8/h4-5,8-9H,2-3,6-7H2,1H3,(H,17,18);2-4H,1H3. The summed E-state index contributed by atoms with van der Waals surface area (Å²) in [5, 5.41) is 10.1. The fourth-order valence-corrected chi connectivity index (χ4v) is 5.46. The van der Waals surface area contributed by atoms with E-state index >= 15 is 0 Å². The first kappa shape index (κ1) is 23.6. The second kappa shape index (κ2) is 9.58. The van der Waals surface area contributed by atoms with Gasteiger partial charge < -0.3 is 9.67 Å². The van der Waals surface area contributed by atoms with Gasteiger partial charge in [-0.05, 0) is 49.4 Å². The molecule has 6 nitrogen and oxygen atoms in total. The lowest BCUT2D eigenvalue weighted by molar-refractivity contribution is -0.137. The van der Waals surface area contributed by atoms with Crippen molar-refractivity contribution in [2.45, 2.75) is 41.5 Å². The van der Waals surface area contributed by atoms with Gasteiger partial charge in [-0.3, -0.25) is 4.79 Å². The Morgan fingerprint density at radius 1 is 1.35 bits per heavy atom. The number of fused-ring (bicyclic) bond motifs is 3. The van der Waals surface area contributed by atoms with Gasteiger partial charge in [-0.2, -0.15) is 0 Å². The topological polar surface area (TPSA) is 89.3 Å². The van der Waals surface area contributed by atoms with E-state index in [1.54, 1.807) is 12.1 Å². The molecule has 0 saturated heterocycles. The molecular weight excluding hydrogens is 463 g/mol. The molecule has 1 atom stereocenters. The Hall–Kier alpha value is -2.10. The number of sulfone groups is 1. The number of benzene rings is 1. The summed E-state index contributed by atoms with van der Waals surface area (Å²) in [6.07, 6.45) is 6.31. The minimum atomic E-state index is -3.34. The van der Waals surface area contributed by atoms with Crippen LogP contribution in [-0.2, 0) is 21.2 Å². The number of aromatic nitrogens is 2. The van der Waals surface area contributed by atoms with Crippen LogP contribution < -0.4 is 0 Å². The molecule has 2 aromatic heterocycles. The number of hydrogen-bond donors (Lipinski definition) is 1. The van der Waals surface area contributed by atoms with Crippen molar-refractivity contribution in [2.75, 3.05) is 12.5 Å². The molecule has 0 radical (unpaired) electrons. The van der Waals surface area contributed by atoms with Crippen molar-refractivity contribution in [1.29, 1.82) is 0 Å². The fraction of sp³-hybridized carbons (Fsp3) is 0.333. The summed E-state index contributed by atoms with van der Waals surface area (Å²) >= 11 is 7.17. The molecule has 1 aliphatic rings. The third kappa shape index (κ3) is 5.39. The fourth-order valence-electron chi connectivity index (χ4n) is 3.74. The first-order valence-electron chi connectivity index (χ1n) is 9.51. The van der Waals surface area contributed by atoms with Gasteiger partial charge in [0.1, 0.15) is 11.5 Å². The molecule has 0 bridgehead atoms. The lowest BCUT2D eigenvalue weighted by atomic mass is 9.93. The Morgan fingerprint density at radius 3 is 2.71 bits per heavy atom. The highest BCUT2D eigenvalue weighted by Gasteiger charge is 2.27. The van der Waals surface area contributed by atoms with Crippen LogP contribution in [0.25, 0.3) is 11.0 Å². The zero-order valence-electron chi connectivity index (χ0n) is 17.0. The molecule has 0 aliphatic carbocycles. The first-order valence-corrected chi connectivity index (χ1v) is 13.0. The van der Waals surface area contributed by atoms with Gasteiger partial charge in [-0.25, -0.2) is 17.8 Å². The highest BCUT2D eigenvalue weighted by atomic mass is 35.5. The second-order valence-electron chi connectivity index (χ2n) is 7.26. The number of aliphatic carboxylic acids is 1. The summed E-state index contributed by atoms with van der Waals surface area (Å²) in [6, 6.07) is 7.68. The number of carboxylic acids is 1. The molecule has 3 aromatic rings. The van der Waals surface area contributed by atoms with Gasteiger partial charge in [-0.15, -0.1) is 11.8 Å². The molecule has 0 spiro atoms. The summed E-state index contributed by atoms with van der Waals surface area (Å²) in [6.45, 7) is 0.745. The predicted octanol–water partition coefficient (Wildman–Crippen LogP) is 4.99. The van der Waals surface area contributed by atoms with Crippen LogP contribution in [0.15, 0.2) is 46.3 Å². The summed E-state index contributed by atoms with van der Waals surface area (Å²) in [4.78, 5) is 16.5. The van der Waals surface area contributed by atoms with Crippen LogP contribution in [0.1, 0.15) is 30.9 Å². The van der Waals surface area contributed by atoms with Gasteiger partial charge in [-0.1, -0.05) is 11.6 Å². The van der Waals surface area contributed by atoms with Crippen molar-refractivity contribution in [2.24, 2.45) is 0 Å². The molecule has 166 valence electrons. The maximum atomic E-state index is 12.4. The molecule has 1 aliphatic heterocycles. The minimum absolute atomic E-state index is 0.0600. The molecular formula is C21H22ClFN2O4S2. The van der Waals surface area contributed by atoms with Crippen LogP contribution >= 0.6 is 23.4 Å². The molecule has 3 heterocycles. The van der Waals surface area contributed by atoms with Crippen LogP contribution in [-0.4, -0.2) is 41.6 Å². The monoisotopic (exact) mass is 484 g/mol. The molecule has 0 amide bonds. The van der Waals surface area contributed by atoms with E-state index in [0.29, 0.717) is 16.1 Å². The van der Waals surface area contributed by atoms with Gasteiger partial charge in [0.15, 0.2) is 9.84 Å². The lowest BCUT2D eigenvalue weighted by Gasteiger charge is -2.23. The van der Waals surface area contributed by atoms with Gasteiger partial charge in [0.25, 0.3) is 0 Å². The van der Waals surface area contributed by atoms with Gasteiger partial charge >= 0.3 is 5.97 Å². The number of nitrogens with zero attached hydrogens (tertiary/aromatic N) is 2. The smallest absolute Gasteiger partial charge is 0.304 e. The second-order valence-corrected chi connectivity index (χ2v) is 10.5. The Balaban J connectivity index is 0.000000229. The van der Waals surface area contributed by atoms with Gasteiger partial charge in [0.2, 0.25) is 0 Å².